The van der Waals surface area contributed by atoms with Gasteiger partial charge in [0.2, 0.25) is 0 Å². The van der Waals surface area contributed by atoms with Gasteiger partial charge >= 0.3 is 5.97 Å². The number of rotatable bonds is 5. The van der Waals surface area contributed by atoms with Crippen LogP contribution in [0.5, 0.6) is 0 Å². The van der Waals surface area contributed by atoms with Crippen molar-refractivity contribution in [3.8, 4) is 5.69 Å². The van der Waals surface area contributed by atoms with Gasteiger partial charge in [0.15, 0.2) is 0 Å². The zero-order valence-corrected chi connectivity index (χ0v) is 14.2. The molecule has 1 atom stereocenters. The fourth-order valence-electron chi connectivity index (χ4n) is 3.42. The van der Waals surface area contributed by atoms with Crippen molar-refractivity contribution >= 4 is 11.9 Å². The highest BCUT2D eigenvalue weighted by atomic mass is 16.5. The van der Waals surface area contributed by atoms with Gasteiger partial charge in [0.05, 0.1) is 6.61 Å². The monoisotopic (exact) mass is 342 g/mol. The Kier molecular flexibility index (Phi) is 4.90. The number of aromatic nitrogens is 1. The third-order valence-corrected chi connectivity index (χ3v) is 4.73. The Balaban J connectivity index is 1.83. The van der Waals surface area contributed by atoms with E-state index in [0.717, 1.165) is 5.69 Å². The van der Waals surface area contributed by atoms with Gasteiger partial charge in [-0.15, -0.1) is 0 Å². The minimum atomic E-state index is -1.03. The maximum Gasteiger partial charge on any atom is 0.313 e. The van der Waals surface area contributed by atoms with Crippen LogP contribution in [0.1, 0.15) is 23.2 Å². The van der Waals surface area contributed by atoms with Crippen LogP contribution in [-0.2, 0) is 9.53 Å². The molecule has 6 nitrogen and oxygen atoms in total. The van der Waals surface area contributed by atoms with Gasteiger partial charge in [-0.05, 0) is 43.2 Å². The number of nitrogens with zero attached hydrogens (tertiary/aromatic N) is 2. The molecule has 0 aliphatic carbocycles. The smallest absolute Gasteiger partial charge is 0.313 e. The summed E-state index contributed by atoms with van der Waals surface area (Å²) < 4.78 is 7.06. The second-order valence-corrected chi connectivity index (χ2v) is 6.49. The van der Waals surface area contributed by atoms with E-state index in [2.05, 4.69) is 0 Å². The largest absolute Gasteiger partial charge is 0.481 e. The van der Waals surface area contributed by atoms with E-state index >= 15 is 0 Å². The van der Waals surface area contributed by atoms with E-state index in [9.17, 15) is 14.7 Å². The summed E-state index contributed by atoms with van der Waals surface area (Å²) in [6.07, 6.45) is 5.00. The number of aliphatic carboxylic acids is 1. The molecule has 1 aliphatic rings. The predicted octanol–water partition coefficient (Wildman–Crippen LogP) is 2.43. The van der Waals surface area contributed by atoms with Crippen LogP contribution in [0.3, 0.4) is 0 Å². The first kappa shape index (κ1) is 17.2. The second kappa shape index (κ2) is 7.11. The second-order valence-electron chi connectivity index (χ2n) is 6.49. The minimum Gasteiger partial charge on any atom is -0.481 e. The molecular weight excluding hydrogens is 320 g/mol. The van der Waals surface area contributed by atoms with Crippen molar-refractivity contribution in [1.82, 2.24) is 9.47 Å². The lowest BCUT2D eigenvalue weighted by Crippen LogP contribution is -2.52. The number of benzene rings is 1. The van der Waals surface area contributed by atoms with Crippen LogP contribution in [0.15, 0.2) is 48.8 Å². The van der Waals surface area contributed by atoms with Crippen molar-refractivity contribution < 1.29 is 19.4 Å². The fraction of sp³-hybridized carbons (Fsp3) is 0.368. The SMILES string of the molecule is COCC1(C(=O)O)CCCN(C(=O)c2cccc(-n3cccc3)c2)C1. The van der Waals surface area contributed by atoms with Crippen molar-refractivity contribution in [2.45, 2.75) is 12.8 Å². The summed E-state index contributed by atoms with van der Waals surface area (Å²) in [5, 5.41) is 9.64. The summed E-state index contributed by atoms with van der Waals surface area (Å²) in [5.74, 6) is -1.05. The molecule has 1 N–H and O–H groups in total. The molecule has 0 saturated carbocycles. The standard InChI is InChI=1S/C19H22N2O4/c1-25-14-19(18(23)24)8-5-11-21(13-19)17(22)15-6-4-7-16(12-15)20-9-2-3-10-20/h2-4,6-7,9-10,12H,5,8,11,13-14H2,1H3,(H,23,24). The zero-order chi connectivity index (χ0) is 17.9. The number of carbonyl (C=O) groups excluding carboxylic acids is 1. The number of likely N-dealkylation sites (tertiary alicyclic amines) is 1. The molecule has 2 heterocycles. The molecule has 1 unspecified atom stereocenters. The maximum atomic E-state index is 12.9. The Hall–Kier alpha value is -2.60. The van der Waals surface area contributed by atoms with Gasteiger partial charge in [-0.25, -0.2) is 0 Å². The normalized spacial score (nSPS) is 20.4. The number of carboxylic acids is 1. The molecule has 1 fully saturated rings. The van der Waals surface area contributed by atoms with Crippen molar-refractivity contribution in [2.24, 2.45) is 5.41 Å². The Morgan fingerprint density at radius 3 is 2.68 bits per heavy atom. The molecule has 1 aliphatic heterocycles. The molecule has 0 bridgehead atoms. The summed E-state index contributed by atoms with van der Waals surface area (Å²) in [6, 6.07) is 11.2. The molecular formula is C19H22N2O4. The number of hydrogen-bond donors (Lipinski definition) is 1. The Bertz CT molecular complexity index is 753. The number of piperidine rings is 1. The van der Waals surface area contributed by atoms with Gasteiger partial charge in [-0.3, -0.25) is 9.59 Å². The summed E-state index contributed by atoms with van der Waals surface area (Å²) in [4.78, 5) is 26.3. The number of methoxy groups -OCH3 is 1. The molecule has 1 aromatic carbocycles. The van der Waals surface area contributed by atoms with Gasteiger partial charge in [-0.2, -0.15) is 0 Å². The van der Waals surface area contributed by atoms with Gasteiger partial charge in [0.1, 0.15) is 5.41 Å². The highest BCUT2D eigenvalue weighted by molar-refractivity contribution is 5.95. The van der Waals surface area contributed by atoms with E-state index < -0.39 is 11.4 Å². The van der Waals surface area contributed by atoms with Gasteiger partial charge in [-0.1, -0.05) is 6.07 Å². The molecule has 2 aromatic rings. The minimum absolute atomic E-state index is 0.107. The van der Waals surface area contributed by atoms with E-state index in [1.807, 2.05) is 47.3 Å². The van der Waals surface area contributed by atoms with Crippen LogP contribution < -0.4 is 0 Å². The Labute approximate surface area is 146 Å². The third kappa shape index (κ3) is 3.44. The number of ether oxygens (including phenoxy) is 1. The number of hydrogen-bond acceptors (Lipinski definition) is 3. The van der Waals surface area contributed by atoms with Gasteiger partial charge in [0.25, 0.3) is 5.91 Å². The maximum absolute atomic E-state index is 12.9. The lowest BCUT2D eigenvalue weighted by atomic mass is 9.80. The molecule has 0 radical (unpaired) electrons. The lowest BCUT2D eigenvalue weighted by Gasteiger charge is -2.39. The molecule has 1 saturated heterocycles. The average Bonchev–Trinajstić information content (AvgIpc) is 3.16. The van der Waals surface area contributed by atoms with Gasteiger partial charge < -0.3 is 19.3 Å². The predicted molar refractivity (Wildman–Crippen MR) is 92.9 cm³/mol. The van der Waals surface area contributed by atoms with E-state index in [0.29, 0.717) is 24.9 Å². The quantitative estimate of drug-likeness (QED) is 0.906. The van der Waals surface area contributed by atoms with Crippen LogP contribution in [-0.4, -0.2) is 53.3 Å². The van der Waals surface area contributed by atoms with Crippen LogP contribution in [0, 0.1) is 5.41 Å². The molecule has 25 heavy (non-hydrogen) atoms. The fourth-order valence-corrected chi connectivity index (χ4v) is 3.42. The van der Waals surface area contributed by atoms with Crippen molar-refractivity contribution in [1.29, 1.82) is 0 Å². The zero-order valence-electron chi connectivity index (χ0n) is 14.2. The first-order valence-corrected chi connectivity index (χ1v) is 8.31. The van der Waals surface area contributed by atoms with Crippen molar-refractivity contribution in [3.05, 3.63) is 54.4 Å². The topological polar surface area (TPSA) is 71.8 Å². The van der Waals surface area contributed by atoms with Crippen LogP contribution in [0.25, 0.3) is 5.69 Å². The summed E-state index contributed by atoms with van der Waals surface area (Å²) in [6.45, 7) is 0.837. The molecule has 6 heteroatoms. The van der Waals surface area contributed by atoms with E-state index in [1.165, 1.54) is 7.11 Å². The van der Waals surface area contributed by atoms with Gasteiger partial charge in [0, 0.05) is 43.8 Å². The highest BCUT2D eigenvalue weighted by Gasteiger charge is 2.44. The van der Waals surface area contributed by atoms with Crippen molar-refractivity contribution in [3.63, 3.8) is 0 Å². The van der Waals surface area contributed by atoms with Crippen molar-refractivity contribution in [2.75, 3.05) is 26.8 Å². The number of amides is 1. The summed E-state index contributed by atoms with van der Waals surface area (Å²) in [7, 11) is 1.49. The Morgan fingerprint density at radius 2 is 2.00 bits per heavy atom. The summed E-state index contributed by atoms with van der Waals surface area (Å²) in [5.41, 5.74) is 0.430. The number of carboxylic acid groups (broad SMARTS) is 1. The van der Waals surface area contributed by atoms with Crippen LogP contribution in [0.4, 0.5) is 0 Å². The first-order valence-electron chi connectivity index (χ1n) is 8.31. The average molecular weight is 342 g/mol. The Morgan fingerprint density at radius 1 is 1.24 bits per heavy atom. The molecule has 1 aromatic heterocycles. The number of carbonyl (C=O) groups is 2. The van der Waals surface area contributed by atoms with E-state index in [4.69, 9.17) is 4.74 Å². The lowest BCUT2D eigenvalue weighted by molar-refractivity contribution is -0.155. The van der Waals surface area contributed by atoms with Crippen LogP contribution >= 0.6 is 0 Å². The highest BCUT2D eigenvalue weighted by Crippen LogP contribution is 2.31. The molecule has 132 valence electrons. The summed E-state index contributed by atoms with van der Waals surface area (Å²) >= 11 is 0. The molecule has 3 rings (SSSR count). The third-order valence-electron chi connectivity index (χ3n) is 4.73. The van der Waals surface area contributed by atoms with Crippen LogP contribution in [0.2, 0.25) is 0 Å². The molecule has 1 amide bonds. The molecule has 0 spiro atoms. The van der Waals surface area contributed by atoms with E-state index in [-0.39, 0.29) is 19.1 Å². The first-order chi connectivity index (χ1) is 12.1. The van der Waals surface area contributed by atoms with E-state index in [1.54, 1.807) is 11.0 Å².